The molecule has 0 atom stereocenters. The fourth-order valence-corrected chi connectivity index (χ4v) is 2.43. The van der Waals surface area contributed by atoms with Crippen molar-refractivity contribution in [2.45, 2.75) is 20.3 Å². The predicted octanol–water partition coefficient (Wildman–Crippen LogP) is 4.04. The molecule has 1 aliphatic rings. The van der Waals surface area contributed by atoms with Gasteiger partial charge in [0.05, 0.1) is 0 Å². The number of benzene rings is 1. The molecule has 2 rings (SSSR count). The Kier molecular flexibility index (Phi) is 2.29. The van der Waals surface area contributed by atoms with E-state index in [-0.39, 0.29) is 0 Å². The van der Waals surface area contributed by atoms with Gasteiger partial charge in [0, 0.05) is 4.47 Å². The molecule has 68 valence electrons. The summed E-state index contributed by atoms with van der Waals surface area (Å²) in [7, 11) is 0. The number of hydrogen-bond acceptors (Lipinski definition) is 0. The molecule has 1 aliphatic carbocycles. The lowest BCUT2D eigenvalue weighted by Gasteiger charge is -2.09. The van der Waals surface area contributed by atoms with E-state index in [0.29, 0.717) is 5.92 Å². The van der Waals surface area contributed by atoms with Gasteiger partial charge in [0.25, 0.3) is 0 Å². The predicted molar refractivity (Wildman–Crippen MR) is 60.7 cm³/mol. The van der Waals surface area contributed by atoms with Crippen LogP contribution in [-0.4, -0.2) is 0 Å². The Balaban J connectivity index is 2.50. The smallest absolute Gasteiger partial charge is 0.0216 e. The summed E-state index contributed by atoms with van der Waals surface area (Å²) in [5, 5.41) is 0. The van der Waals surface area contributed by atoms with Gasteiger partial charge in [0.2, 0.25) is 0 Å². The van der Waals surface area contributed by atoms with E-state index in [1.807, 2.05) is 0 Å². The molecular weight excluding hydrogens is 224 g/mol. The van der Waals surface area contributed by atoms with Crippen molar-refractivity contribution >= 4 is 21.5 Å². The van der Waals surface area contributed by atoms with Gasteiger partial charge in [-0.25, -0.2) is 0 Å². The normalized spacial score (nSPS) is 14.6. The average molecular weight is 237 g/mol. The van der Waals surface area contributed by atoms with Gasteiger partial charge in [0.1, 0.15) is 0 Å². The van der Waals surface area contributed by atoms with Gasteiger partial charge < -0.3 is 0 Å². The lowest BCUT2D eigenvalue weighted by atomic mass is 9.97. The molecule has 0 nitrogen and oxygen atoms in total. The molecule has 0 aromatic heterocycles. The van der Waals surface area contributed by atoms with Crippen LogP contribution in [0.15, 0.2) is 28.7 Å². The molecule has 0 spiro atoms. The van der Waals surface area contributed by atoms with E-state index >= 15 is 0 Å². The molecule has 1 aromatic rings. The second kappa shape index (κ2) is 3.30. The summed E-state index contributed by atoms with van der Waals surface area (Å²) in [6.07, 6.45) is 3.43. The van der Waals surface area contributed by atoms with E-state index in [1.54, 1.807) is 0 Å². The summed E-state index contributed by atoms with van der Waals surface area (Å²) in [5.74, 6) is 0.635. The number of hydrogen-bond donors (Lipinski definition) is 0. The van der Waals surface area contributed by atoms with Crippen molar-refractivity contribution in [1.29, 1.82) is 0 Å². The zero-order chi connectivity index (χ0) is 9.42. The zero-order valence-corrected chi connectivity index (χ0v) is 9.56. The molecular formula is C12H13Br. The largest absolute Gasteiger partial charge is 0.0760 e. The lowest BCUT2D eigenvalue weighted by Crippen LogP contribution is -1.91. The van der Waals surface area contributed by atoms with Crippen LogP contribution in [0.3, 0.4) is 0 Å². The van der Waals surface area contributed by atoms with Gasteiger partial charge >= 0.3 is 0 Å². The van der Waals surface area contributed by atoms with Gasteiger partial charge in [-0.3, -0.25) is 0 Å². The van der Waals surface area contributed by atoms with E-state index in [0.717, 1.165) is 6.42 Å². The van der Waals surface area contributed by atoms with E-state index in [2.05, 4.69) is 54.1 Å². The Morgan fingerprint density at radius 3 is 2.77 bits per heavy atom. The molecule has 0 bridgehead atoms. The van der Waals surface area contributed by atoms with Crippen LogP contribution in [0.2, 0.25) is 0 Å². The Hall–Kier alpha value is -0.560. The third kappa shape index (κ3) is 1.46. The molecule has 0 radical (unpaired) electrons. The first kappa shape index (κ1) is 9.01. The Morgan fingerprint density at radius 2 is 2.08 bits per heavy atom. The van der Waals surface area contributed by atoms with Crippen molar-refractivity contribution in [3.8, 4) is 0 Å². The molecule has 13 heavy (non-hydrogen) atoms. The van der Waals surface area contributed by atoms with Crippen LogP contribution < -0.4 is 0 Å². The first-order chi connectivity index (χ1) is 6.20. The van der Waals surface area contributed by atoms with Crippen LogP contribution in [0, 0.1) is 5.92 Å². The fourth-order valence-electron chi connectivity index (χ4n) is 1.91. The first-order valence-corrected chi connectivity index (χ1v) is 5.47. The molecule has 0 saturated heterocycles. The maximum absolute atomic E-state index is 3.59. The summed E-state index contributed by atoms with van der Waals surface area (Å²) in [4.78, 5) is 0. The summed E-state index contributed by atoms with van der Waals surface area (Å²) in [6, 6.07) is 6.46. The molecule has 0 aliphatic heterocycles. The number of allylic oxidation sites excluding steroid dienone is 2. The quantitative estimate of drug-likeness (QED) is 0.691. The van der Waals surface area contributed by atoms with Gasteiger partial charge in [-0.1, -0.05) is 48.0 Å². The third-order valence-electron chi connectivity index (χ3n) is 2.58. The maximum Gasteiger partial charge on any atom is 0.0216 e. The van der Waals surface area contributed by atoms with Crippen LogP contribution in [0.4, 0.5) is 0 Å². The van der Waals surface area contributed by atoms with Crippen molar-refractivity contribution in [3.05, 3.63) is 39.9 Å². The van der Waals surface area contributed by atoms with Crippen LogP contribution in [-0.2, 0) is 6.42 Å². The van der Waals surface area contributed by atoms with Crippen molar-refractivity contribution in [1.82, 2.24) is 0 Å². The van der Waals surface area contributed by atoms with Gasteiger partial charge in [0.15, 0.2) is 0 Å². The van der Waals surface area contributed by atoms with Gasteiger partial charge in [-0.2, -0.15) is 0 Å². The number of fused-ring (bicyclic) bond motifs is 1. The molecule has 1 aromatic carbocycles. The summed E-state index contributed by atoms with van der Waals surface area (Å²) < 4.78 is 1.25. The number of rotatable bonds is 1. The Morgan fingerprint density at radius 1 is 1.31 bits per heavy atom. The van der Waals surface area contributed by atoms with Crippen LogP contribution in [0.5, 0.6) is 0 Å². The molecule has 0 amide bonds. The van der Waals surface area contributed by atoms with Crippen LogP contribution >= 0.6 is 15.9 Å². The zero-order valence-electron chi connectivity index (χ0n) is 7.97. The Bertz CT molecular complexity index is 361. The van der Waals surface area contributed by atoms with E-state index in [1.165, 1.54) is 21.2 Å². The summed E-state index contributed by atoms with van der Waals surface area (Å²) in [5.41, 5.74) is 4.38. The minimum absolute atomic E-state index is 0.635. The van der Waals surface area contributed by atoms with E-state index in [9.17, 15) is 0 Å². The third-order valence-corrected chi connectivity index (χ3v) is 3.32. The highest BCUT2D eigenvalue weighted by atomic mass is 79.9. The highest BCUT2D eigenvalue weighted by Crippen LogP contribution is 2.36. The first-order valence-electron chi connectivity index (χ1n) is 4.68. The highest BCUT2D eigenvalue weighted by Gasteiger charge is 2.17. The second-order valence-corrected chi connectivity index (χ2v) is 4.64. The Labute approximate surface area is 87.8 Å². The minimum Gasteiger partial charge on any atom is -0.0760 e. The number of halogens is 1. The van der Waals surface area contributed by atoms with Gasteiger partial charge in [-0.05, 0) is 35.1 Å². The maximum atomic E-state index is 3.59. The van der Waals surface area contributed by atoms with E-state index in [4.69, 9.17) is 0 Å². The molecule has 1 heteroatoms. The van der Waals surface area contributed by atoms with Crippen LogP contribution in [0.25, 0.3) is 5.57 Å². The summed E-state index contributed by atoms with van der Waals surface area (Å²) in [6.45, 7) is 4.50. The fraction of sp³-hybridized carbons (Fsp3) is 0.333. The van der Waals surface area contributed by atoms with Crippen molar-refractivity contribution in [2.24, 2.45) is 5.92 Å². The average Bonchev–Trinajstić information content (AvgIpc) is 2.48. The minimum atomic E-state index is 0.635. The topological polar surface area (TPSA) is 0 Å². The summed E-state index contributed by atoms with van der Waals surface area (Å²) >= 11 is 3.59. The van der Waals surface area contributed by atoms with Gasteiger partial charge in [-0.15, -0.1) is 0 Å². The molecule has 0 fully saturated rings. The molecule has 0 N–H and O–H groups in total. The van der Waals surface area contributed by atoms with E-state index < -0.39 is 0 Å². The SMILES string of the molecule is CC(C)C1=CCc2c(Br)cccc21. The monoisotopic (exact) mass is 236 g/mol. The lowest BCUT2D eigenvalue weighted by molar-refractivity contribution is 0.857. The second-order valence-electron chi connectivity index (χ2n) is 3.78. The molecule has 0 unspecified atom stereocenters. The molecule has 0 saturated carbocycles. The molecule has 0 heterocycles. The van der Waals surface area contributed by atoms with Crippen molar-refractivity contribution < 1.29 is 0 Å². The standard InChI is InChI=1S/C12H13Br/c1-8(2)9-6-7-11-10(9)4-3-5-12(11)13/h3-6,8H,7H2,1-2H3. The highest BCUT2D eigenvalue weighted by molar-refractivity contribution is 9.10. The van der Waals surface area contributed by atoms with Crippen molar-refractivity contribution in [3.63, 3.8) is 0 Å². The van der Waals surface area contributed by atoms with Crippen LogP contribution in [0.1, 0.15) is 25.0 Å². The van der Waals surface area contributed by atoms with Crippen molar-refractivity contribution in [2.75, 3.05) is 0 Å².